The largest absolute Gasteiger partial charge is 0.302 e. The Balaban J connectivity index is 1.64. The first-order valence-corrected chi connectivity index (χ1v) is 10.1. The number of hydrogen-bond acceptors (Lipinski definition) is 6. The number of benzene rings is 1. The Bertz CT molecular complexity index is 981. The molecule has 0 saturated carbocycles. The standard InChI is InChI=1S/C17H15N3O3S2/c1-25(22,23)13-7-5-12(6-8-13)10-16(21)20-17-19-15(11-24-17)14-4-2-3-9-18-14/h2-9,11H,10H2,1H3,(H,19,20,21). The number of aromatic nitrogens is 2. The maximum atomic E-state index is 12.1. The molecule has 0 aliphatic heterocycles. The molecule has 1 N–H and O–H groups in total. The molecule has 2 heterocycles. The second-order valence-electron chi connectivity index (χ2n) is 5.39. The number of sulfone groups is 1. The zero-order valence-corrected chi connectivity index (χ0v) is 15.0. The zero-order valence-electron chi connectivity index (χ0n) is 13.3. The minimum absolute atomic E-state index is 0.141. The number of nitrogens with zero attached hydrogens (tertiary/aromatic N) is 2. The Morgan fingerprint density at radius 2 is 1.88 bits per heavy atom. The molecule has 2 aromatic heterocycles. The molecule has 0 radical (unpaired) electrons. The highest BCUT2D eigenvalue weighted by atomic mass is 32.2. The number of amides is 1. The molecular weight excluding hydrogens is 358 g/mol. The number of thiazole rings is 1. The average Bonchev–Trinajstić information content (AvgIpc) is 3.03. The van der Waals surface area contributed by atoms with E-state index in [2.05, 4.69) is 15.3 Å². The maximum absolute atomic E-state index is 12.1. The van der Waals surface area contributed by atoms with Crippen molar-refractivity contribution in [3.63, 3.8) is 0 Å². The fourth-order valence-electron chi connectivity index (χ4n) is 2.17. The van der Waals surface area contributed by atoms with Gasteiger partial charge in [0.1, 0.15) is 5.69 Å². The van der Waals surface area contributed by atoms with E-state index in [1.165, 1.54) is 23.5 Å². The Morgan fingerprint density at radius 1 is 1.12 bits per heavy atom. The van der Waals surface area contributed by atoms with Crippen molar-refractivity contribution in [1.82, 2.24) is 9.97 Å². The molecule has 1 aromatic carbocycles. The van der Waals surface area contributed by atoms with Gasteiger partial charge in [-0.25, -0.2) is 13.4 Å². The SMILES string of the molecule is CS(=O)(=O)c1ccc(CC(=O)Nc2nc(-c3ccccn3)cs2)cc1. The molecule has 0 fully saturated rings. The summed E-state index contributed by atoms with van der Waals surface area (Å²) in [4.78, 5) is 20.9. The van der Waals surface area contributed by atoms with Crippen molar-refractivity contribution in [3.05, 3.63) is 59.6 Å². The van der Waals surface area contributed by atoms with Crippen LogP contribution in [0.2, 0.25) is 0 Å². The van der Waals surface area contributed by atoms with E-state index in [0.29, 0.717) is 10.8 Å². The van der Waals surface area contributed by atoms with Crippen LogP contribution in [0.15, 0.2) is 58.9 Å². The lowest BCUT2D eigenvalue weighted by atomic mass is 10.1. The molecule has 25 heavy (non-hydrogen) atoms. The monoisotopic (exact) mass is 373 g/mol. The van der Waals surface area contributed by atoms with Gasteiger partial charge in [-0.3, -0.25) is 9.78 Å². The van der Waals surface area contributed by atoms with E-state index in [1.54, 1.807) is 18.3 Å². The highest BCUT2D eigenvalue weighted by molar-refractivity contribution is 7.90. The lowest BCUT2D eigenvalue weighted by Gasteiger charge is -2.03. The number of pyridine rings is 1. The molecule has 1 amide bonds. The lowest BCUT2D eigenvalue weighted by molar-refractivity contribution is -0.115. The number of nitrogens with one attached hydrogen (secondary N) is 1. The number of hydrogen-bond donors (Lipinski definition) is 1. The predicted molar refractivity (Wildman–Crippen MR) is 97.2 cm³/mol. The highest BCUT2D eigenvalue weighted by Crippen LogP contribution is 2.23. The summed E-state index contributed by atoms with van der Waals surface area (Å²) < 4.78 is 22.9. The Hall–Kier alpha value is -2.58. The zero-order chi connectivity index (χ0) is 17.9. The van der Waals surface area contributed by atoms with Crippen molar-refractivity contribution in [2.24, 2.45) is 0 Å². The molecule has 8 heteroatoms. The van der Waals surface area contributed by atoms with E-state index in [9.17, 15) is 13.2 Å². The molecule has 0 aliphatic carbocycles. The van der Waals surface area contributed by atoms with Gasteiger partial charge in [0.15, 0.2) is 15.0 Å². The van der Waals surface area contributed by atoms with Gasteiger partial charge in [0, 0.05) is 17.8 Å². The van der Waals surface area contributed by atoms with Gasteiger partial charge < -0.3 is 5.32 Å². The van der Waals surface area contributed by atoms with E-state index >= 15 is 0 Å². The van der Waals surface area contributed by atoms with Crippen LogP contribution in [0.4, 0.5) is 5.13 Å². The fourth-order valence-corrected chi connectivity index (χ4v) is 3.52. The first kappa shape index (κ1) is 17.2. The van der Waals surface area contributed by atoms with Gasteiger partial charge in [0.05, 0.1) is 17.0 Å². The van der Waals surface area contributed by atoms with E-state index in [4.69, 9.17) is 0 Å². The normalized spacial score (nSPS) is 11.2. The van der Waals surface area contributed by atoms with Gasteiger partial charge >= 0.3 is 0 Å². The molecular formula is C17H15N3O3S2. The van der Waals surface area contributed by atoms with E-state index in [1.807, 2.05) is 23.6 Å². The van der Waals surface area contributed by atoms with Gasteiger partial charge in [0.25, 0.3) is 0 Å². The van der Waals surface area contributed by atoms with Crippen molar-refractivity contribution in [1.29, 1.82) is 0 Å². The van der Waals surface area contributed by atoms with Crippen molar-refractivity contribution in [3.8, 4) is 11.4 Å². The molecule has 0 aliphatic rings. The summed E-state index contributed by atoms with van der Waals surface area (Å²) in [5, 5.41) is 5.08. The first-order chi connectivity index (χ1) is 11.9. The van der Waals surface area contributed by atoms with Gasteiger partial charge in [-0.05, 0) is 29.8 Å². The Kier molecular flexibility index (Phi) is 4.91. The molecule has 128 valence electrons. The van der Waals surface area contributed by atoms with Crippen LogP contribution in [0.3, 0.4) is 0 Å². The predicted octanol–water partition coefficient (Wildman–Crippen LogP) is 2.79. The quantitative estimate of drug-likeness (QED) is 0.743. The lowest BCUT2D eigenvalue weighted by Crippen LogP contribution is -2.14. The van der Waals surface area contributed by atoms with Crippen LogP contribution >= 0.6 is 11.3 Å². The van der Waals surface area contributed by atoms with Crippen molar-refractivity contribution in [2.75, 3.05) is 11.6 Å². The van der Waals surface area contributed by atoms with Crippen LogP contribution in [0.25, 0.3) is 11.4 Å². The topological polar surface area (TPSA) is 89.0 Å². The number of anilines is 1. The molecule has 0 unspecified atom stereocenters. The summed E-state index contributed by atoms with van der Waals surface area (Å²) in [5.74, 6) is -0.214. The number of carbonyl (C=O) groups is 1. The van der Waals surface area contributed by atoms with Gasteiger partial charge in [0.2, 0.25) is 5.91 Å². The summed E-state index contributed by atoms with van der Waals surface area (Å²) in [6.07, 6.45) is 2.98. The van der Waals surface area contributed by atoms with Crippen LogP contribution in [-0.2, 0) is 21.1 Å². The van der Waals surface area contributed by atoms with Gasteiger partial charge in [-0.2, -0.15) is 0 Å². The third-order valence-electron chi connectivity index (χ3n) is 3.39. The van der Waals surface area contributed by atoms with Crippen LogP contribution in [0, 0.1) is 0 Å². The minimum Gasteiger partial charge on any atom is -0.302 e. The van der Waals surface area contributed by atoms with E-state index in [-0.39, 0.29) is 17.2 Å². The summed E-state index contributed by atoms with van der Waals surface area (Å²) >= 11 is 1.33. The maximum Gasteiger partial charge on any atom is 0.230 e. The summed E-state index contributed by atoms with van der Waals surface area (Å²) in [6.45, 7) is 0. The second-order valence-corrected chi connectivity index (χ2v) is 8.27. The number of carbonyl (C=O) groups excluding carboxylic acids is 1. The minimum atomic E-state index is -3.24. The van der Waals surface area contributed by atoms with E-state index < -0.39 is 9.84 Å². The molecule has 3 rings (SSSR count). The summed E-state index contributed by atoms with van der Waals surface area (Å²) in [5.41, 5.74) is 2.18. The third kappa shape index (κ3) is 4.49. The second kappa shape index (κ2) is 7.12. The molecule has 0 spiro atoms. The third-order valence-corrected chi connectivity index (χ3v) is 5.28. The summed E-state index contributed by atoms with van der Waals surface area (Å²) in [6, 6.07) is 11.8. The van der Waals surface area contributed by atoms with Crippen molar-refractivity contribution < 1.29 is 13.2 Å². The van der Waals surface area contributed by atoms with Crippen LogP contribution in [-0.4, -0.2) is 30.5 Å². The van der Waals surface area contributed by atoms with Crippen molar-refractivity contribution >= 4 is 32.2 Å². The molecule has 0 atom stereocenters. The Morgan fingerprint density at radius 3 is 2.52 bits per heavy atom. The molecule has 3 aromatic rings. The van der Waals surface area contributed by atoms with Gasteiger partial charge in [-0.15, -0.1) is 11.3 Å². The molecule has 6 nitrogen and oxygen atoms in total. The van der Waals surface area contributed by atoms with Crippen LogP contribution < -0.4 is 5.32 Å². The Labute approximate surface area is 149 Å². The smallest absolute Gasteiger partial charge is 0.230 e. The summed E-state index contributed by atoms with van der Waals surface area (Å²) in [7, 11) is -3.24. The molecule has 0 bridgehead atoms. The first-order valence-electron chi connectivity index (χ1n) is 7.37. The van der Waals surface area contributed by atoms with Gasteiger partial charge in [-0.1, -0.05) is 18.2 Å². The average molecular weight is 373 g/mol. The fraction of sp³-hybridized carbons (Fsp3) is 0.118. The van der Waals surface area contributed by atoms with E-state index in [0.717, 1.165) is 17.5 Å². The van der Waals surface area contributed by atoms with Crippen LogP contribution in [0.5, 0.6) is 0 Å². The molecule has 0 saturated heterocycles. The highest BCUT2D eigenvalue weighted by Gasteiger charge is 2.11. The van der Waals surface area contributed by atoms with Crippen molar-refractivity contribution in [2.45, 2.75) is 11.3 Å². The van der Waals surface area contributed by atoms with Crippen LogP contribution in [0.1, 0.15) is 5.56 Å². The number of rotatable bonds is 5.